The maximum absolute atomic E-state index is 12.1. The van der Waals surface area contributed by atoms with Crippen LogP contribution in [0.5, 0.6) is 0 Å². The maximum atomic E-state index is 12.1. The molecule has 0 fully saturated rings. The molecule has 0 saturated carbocycles. The molecule has 0 aliphatic heterocycles. The number of amides is 1. The Bertz CT molecular complexity index is 646. The molecule has 0 aliphatic rings. The van der Waals surface area contributed by atoms with Gasteiger partial charge in [0, 0.05) is 16.4 Å². The van der Waals surface area contributed by atoms with E-state index in [-0.39, 0.29) is 5.91 Å². The van der Waals surface area contributed by atoms with Gasteiger partial charge >= 0.3 is 0 Å². The molecule has 0 bridgehead atoms. The van der Waals surface area contributed by atoms with E-state index in [4.69, 9.17) is 17.3 Å². The van der Waals surface area contributed by atoms with Crippen molar-refractivity contribution in [2.75, 3.05) is 11.1 Å². The molecule has 1 aromatic heterocycles. The lowest BCUT2D eigenvalue weighted by molar-refractivity contribution is 0.102. The lowest BCUT2D eigenvalue weighted by Gasteiger charge is -2.10. The van der Waals surface area contributed by atoms with E-state index >= 15 is 0 Å². The second-order valence-electron chi connectivity index (χ2n) is 3.98. The summed E-state index contributed by atoms with van der Waals surface area (Å²) in [4.78, 5) is 16.1. The third kappa shape index (κ3) is 3.05. The van der Waals surface area contributed by atoms with Crippen LogP contribution in [0.1, 0.15) is 16.1 Å². The molecule has 1 heterocycles. The smallest absolute Gasteiger partial charge is 0.275 e. The van der Waals surface area contributed by atoms with Crippen molar-refractivity contribution in [3.8, 4) is 0 Å². The Kier molecular flexibility index (Phi) is 4.07. The highest BCUT2D eigenvalue weighted by molar-refractivity contribution is 9.10. The molecule has 0 spiro atoms. The zero-order valence-electron chi connectivity index (χ0n) is 10.1. The number of carbonyl (C=O) groups excluding carboxylic acids is 1. The van der Waals surface area contributed by atoms with Crippen molar-refractivity contribution in [2.24, 2.45) is 0 Å². The van der Waals surface area contributed by atoms with E-state index in [0.29, 0.717) is 26.6 Å². The first-order valence-corrected chi connectivity index (χ1v) is 6.63. The summed E-state index contributed by atoms with van der Waals surface area (Å²) in [6.45, 7) is 1.84. The Labute approximate surface area is 124 Å². The molecule has 0 radical (unpaired) electrons. The van der Waals surface area contributed by atoms with E-state index in [1.165, 1.54) is 0 Å². The molecule has 3 N–H and O–H groups in total. The van der Waals surface area contributed by atoms with Gasteiger partial charge in [0.1, 0.15) is 5.69 Å². The molecule has 4 nitrogen and oxygen atoms in total. The molecule has 2 rings (SSSR count). The zero-order valence-corrected chi connectivity index (χ0v) is 12.4. The number of pyridine rings is 1. The highest BCUT2D eigenvalue weighted by atomic mass is 79.9. The molecule has 1 amide bonds. The third-order valence-electron chi connectivity index (χ3n) is 2.57. The van der Waals surface area contributed by atoms with Crippen molar-refractivity contribution in [1.29, 1.82) is 0 Å². The first-order chi connectivity index (χ1) is 8.99. The standard InChI is InChI=1S/C13H11BrClN3O/c1-7-5-10(16)9(15)6-11(7)18-13(19)12-8(14)3-2-4-17-12/h2-6H,16H2,1H3,(H,18,19). The summed E-state index contributed by atoms with van der Waals surface area (Å²) < 4.78 is 0.631. The van der Waals surface area contributed by atoms with Crippen LogP contribution in [-0.2, 0) is 0 Å². The zero-order chi connectivity index (χ0) is 14.0. The number of aromatic nitrogens is 1. The van der Waals surface area contributed by atoms with Gasteiger partial charge in [-0.3, -0.25) is 4.79 Å². The van der Waals surface area contributed by atoms with Crippen LogP contribution in [0.3, 0.4) is 0 Å². The van der Waals surface area contributed by atoms with Gasteiger partial charge in [0.05, 0.1) is 10.7 Å². The summed E-state index contributed by atoms with van der Waals surface area (Å²) in [6.07, 6.45) is 1.56. The molecule has 98 valence electrons. The van der Waals surface area contributed by atoms with Gasteiger partial charge in [0.15, 0.2) is 0 Å². The van der Waals surface area contributed by atoms with Crippen LogP contribution in [-0.4, -0.2) is 10.9 Å². The first kappa shape index (κ1) is 13.8. The quantitative estimate of drug-likeness (QED) is 0.820. The number of nitrogens with zero attached hydrogens (tertiary/aromatic N) is 1. The molecule has 0 unspecified atom stereocenters. The molecular weight excluding hydrogens is 330 g/mol. The molecule has 19 heavy (non-hydrogen) atoms. The molecule has 0 aliphatic carbocycles. The van der Waals surface area contributed by atoms with Gasteiger partial charge in [0.25, 0.3) is 5.91 Å². The topological polar surface area (TPSA) is 68.0 Å². The number of benzene rings is 1. The summed E-state index contributed by atoms with van der Waals surface area (Å²) in [5, 5.41) is 3.17. The lowest BCUT2D eigenvalue weighted by atomic mass is 10.1. The SMILES string of the molecule is Cc1cc(N)c(Cl)cc1NC(=O)c1ncccc1Br. The van der Waals surface area contributed by atoms with Crippen LogP contribution in [0.15, 0.2) is 34.9 Å². The lowest BCUT2D eigenvalue weighted by Crippen LogP contribution is -2.15. The summed E-state index contributed by atoms with van der Waals surface area (Å²) in [5.74, 6) is -0.309. The van der Waals surface area contributed by atoms with Gasteiger partial charge in [-0.15, -0.1) is 0 Å². The minimum absolute atomic E-state index is 0.309. The highest BCUT2D eigenvalue weighted by Crippen LogP contribution is 2.27. The molecule has 1 aromatic carbocycles. The van der Waals surface area contributed by atoms with E-state index in [9.17, 15) is 4.79 Å². The number of halogens is 2. The summed E-state index contributed by atoms with van der Waals surface area (Å²) in [6, 6.07) is 6.84. The number of nitrogen functional groups attached to an aromatic ring is 1. The fourth-order valence-corrected chi connectivity index (χ4v) is 2.17. The fraction of sp³-hybridized carbons (Fsp3) is 0.0769. The normalized spacial score (nSPS) is 10.3. The molecule has 0 saturated heterocycles. The Hall–Kier alpha value is -1.59. The first-order valence-electron chi connectivity index (χ1n) is 5.46. The maximum Gasteiger partial charge on any atom is 0.275 e. The minimum Gasteiger partial charge on any atom is -0.398 e. The van der Waals surface area contributed by atoms with Crippen molar-refractivity contribution in [3.63, 3.8) is 0 Å². The van der Waals surface area contributed by atoms with Crippen LogP contribution in [0.25, 0.3) is 0 Å². The number of nitrogens with two attached hydrogens (primary N) is 1. The van der Waals surface area contributed by atoms with E-state index in [0.717, 1.165) is 5.56 Å². The van der Waals surface area contributed by atoms with Gasteiger partial charge in [-0.05, 0) is 52.7 Å². The van der Waals surface area contributed by atoms with E-state index in [1.807, 2.05) is 6.92 Å². The fourth-order valence-electron chi connectivity index (χ4n) is 1.57. The van der Waals surface area contributed by atoms with Crippen molar-refractivity contribution >= 4 is 44.8 Å². The monoisotopic (exact) mass is 339 g/mol. The highest BCUT2D eigenvalue weighted by Gasteiger charge is 2.13. The summed E-state index contributed by atoms with van der Waals surface area (Å²) in [7, 11) is 0. The summed E-state index contributed by atoms with van der Waals surface area (Å²) >= 11 is 9.23. The van der Waals surface area contributed by atoms with Crippen LogP contribution in [0.4, 0.5) is 11.4 Å². The number of carbonyl (C=O) groups is 1. The van der Waals surface area contributed by atoms with Crippen molar-refractivity contribution in [2.45, 2.75) is 6.92 Å². The number of hydrogen-bond acceptors (Lipinski definition) is 3. The van der Waals surface area contributed by atoms with Crippen LogP contribution < -0.4 is 11.1 Å². The van der Waals surface area contributed by atoms with Gasteiger partial charge < -0.3 is 11.1 Å². The second-order valence-corrected chi connectivity index (χ2v) is 5.24. The average molecular weight is 341 g/mol. The Morgan fingerprint density at radius 3 is 2.89 bits per heavy atom. The van der Waals surface area contributed by atoms with Crippen LogP contribution >= 0.6 is 27.5 Å². The predicted molar refractivity (Wildman–Crippen MR) is 80.5 cm³/mol. The second kappa shape index (κ2) is 5.59. The number of nitrogens with one attached hydrogen (secondary N) is 1. The molecule has 0 atom stereocenters. The minimum atomic E-state index is -0.309. The van der Waals surface area contributed by atoms with Gasteiger partial charge in [-0.2, -0.15) is 0 Å². The van der Waals surface area contributed by atoms with Gasteiger partial charge in [0.2, 0.25) is 0 Å². The Morgan fingerprint density at radius 2 is 2.21 bits per heavy atom. The van der Waals surface area contributed by atoms with E-state index in [2.05, 4.69) is 26.2 Å². The Morgan fingerprint density at radius 1 is 1.47 bits per heavy atom. The van der Waals surface area contributed by atoms with Crippen LogP contribution in [0.2, 0.25) is 5.02 Å². The van der Waals surface area contributed by atoms with Gasteiger partial charge in [-0.25, -0.2) is 4.98 Å². The van der Waals surface area contributed by atoms with Gasteiger partial charge in [-0.1, -0.05) is 11.6 Å². The predicted octanol–water partition coefficient (Wildman–Crippen LogP) is 3.64. The number of anilines is 2. The Balaban J connectivity index is 2.30. The number of rotatable bonds is 2. The average Bonchev–Trinajstić information content (AvgIpc) is 2.36. The number of aryl methyl sites for hydroxylation is 1. The largest absolute Gasteiger partial charge is 0.398 e. The van der Waals surface area contributed by atoms with E-state index in [1.54, 1.807) is 30.5 Å². The van der Waals surface area contributed by atoms with Crippen molar-refractivity contribution in [3.05, 3.63) is 51.2 Å². The molecule has 6 heteroatoms. The van der Waals surface area contributed by atoms with Crippen LogP contribution in [0, 0.1) is 6.92 Å². The van der Waals surface area contributed by atoms with E-state index < -0.39 is 0 Å². The molecule has 2 aromatic rings. The molecular formula is C13H11BrClN3O. The van der Waals surface area contributed by atoms with Crippen molar-refractivity contribution < 1.29 is 4.79 Å². The summed E-state index contributed by atoms with van der Waals surface area (Å²) in [5.41, 5.74) is 7.94. The van der Waals surface area contributed by atoms with Crippen molar-refractivity contribution in [1.82, 2.24) is 4.98 Å². The number of hydrogen-bond donors (Lipinski definition) is 2. The third-order valence-corrected chi connectivity index (χ3v) is 3.53.